The van der Waals surface area contributed by atoms with Crippen molar-refractivity contribution in [3.8, 4) is 11.5 Å². The Bertz CT molecular complexity index is 370. The third kappa shape index (κ3) is 6.70. The van der Waals surface area contributed by atoms with Gasteiger partial charge >= 0.3 is 5.97 Å². The first kappa shape index (κ1) is 15.3. The van der Waals surface area contributed by atoms with Gasteiger partial charge in [-0.05, 0) is 36.6 Å². The van der Waals surface area contributed by atoms with Crippen molar-refractivity contribution in [1.29, 1.82) is 0 Å². The fourth-order valence-corrected chi connectivity index (χ4v) is 1.40. The number of methoxy groups -OCH3 is 1. The lowest BCUT2D eigenvalue weighted by atomic mass is 10.1. The van der Waals surface area contributed by atoms with Crippen LogP contribution in [0.3, 0.4) is 0 Å². The van der Waals surface area contributed by atoms with Crippen LogP contribution in [-0.4, -0.2) is 26.3 Å². The SMILES string of the molecule is COc1ccc(OCCC(=O)OCCC(C)C)cc1. The molecule has 0 radical (unpaired) electrons. The molecule has 4 heteroatoms. The van der Waals surface area contributed by atoms with Gasteiger partial charge in [0.2, 0.25) is 0 Å². The van der Waals surface area contributed by atoms with E-state index in [1.807, 2.05) is 24.3 Å². The Morgan fingerprint density at radius 3 is 2.32 bits per heavy atom. The number of carbonyl (C=O) groups excluding carboxylic acids is 1. The van der Waals surface area contributed by atoms with Crippen LogP contribution < -0.4 is 9.47 Å². The van der Waals surface area contributed by atoms with Gasteiger partial charge in [-0.15, -0.1) is 0 Å². The Labute approximate surface area is 114 Å². The molecule has 0 fully saturated rings. The molecule has 0 saturated carbocycles. The van der Waals surface area contributed by atoms with E-state index in [9.17, 15) is 4.79 Å². The molecule has 106 valence electrons. The van der Waals surface area contributed by atoms with Crippen LogP contribution in [0, 0.1) is 5.92 Å². The predicted molar refractivity (Wildman–Crippen MR) is 73.5 cm³/mol. The summed E-state index contributed by atoms with van der Waals surface area (Å²) in [5, 5.41) is 0. The highest BCUT2D eigenvalue weighted by atomic mass is 16.5. The first-order valence-electron chi connectivity index (χ1n) is 6.54. The van der Waals surface area contributed by atoms with Crippen molar-refractivity contribution in [3.05, 3.63) is 24.3 Å². The van der Waals surface area contributed by atoms with Gasteiger partial charge in [0.1, 0.15) is 11.5 Å². The highest BCUT2D eigenvalue weighted by Gasteiger charge is 2.04. The van der Waals surface area contributed by atoms with Crippen LogP contribution in [0.1, 0.15) is 26.7 Å². The topological polar surface area (TPSA) is 44.8 Å². The van der Waals surface area contributed by atoms with Crippen molar-refractivity contribution in [3.63, 3.8) is 0 Å². The molecule has 1 rings (SSSR count). The van der Waals surface area contributed by atoms with E-state index in [0.29, 0.717) is 19.1 Å². The predicted octanol–water partition coefficient (Wildman–Crippen LogP) is 3.05. The molecular formula is C15H22O4. The molecule has 0 amide bonds. The summed E-state index contributed by atoms with van der Waals surface area (Å²) in [5.41, 5.74) is 0. The second kappa shape index (κ2) is 8.40. The van der Waals surface area contributed by atoms with Gasteiger partial charge in [-0.1, -0.05) is 13.8 Å². The summed E-state index contributed by atoms with van der Waals surface area (Å²) >= 11 is 0. The second-order valence-electron chi connectivity index (χ2n) is 4.68. The summed E-state index contributed by atoms with van der Waals surface area (Å²) in [7, 11) is 1.61. The average Bonchev–Trinajstić information content (AvgIpc) is 2.39. The molecule has 0 spiro atoms. The second-order valence-corrected chi connectivity index (χ2v) is 4.68. The number of benzene rings is 1. The number of rotatable bonds is 8. The molecule has 0 unspecified atom stereocenters. The maximum atomic E-state index is 11.4. The zero-order valence-corrected chi connectivity index (χ0v) is 11.8. The Kier molecular flexibility index (Phi) is 6.79. The molecule has 1 aromatic rings. The Morgan fingerprint density at radius 1 is 1.11 bits per heavy atom. The van der Waals surface area contributed by atoms with Crippen molar-refractivity contribution < 1.29 is 19.0 Å². The molecule has 0 bridgehead atoms. The van der Waals surface area contributed by atoms with Crippen LogP contribution in [0.2, 0.25) is 0 Å². The number of ether oxygens (including phenoxy) is 3. The van der Waals surface area contributed by atoms with E-state index >= 15 is 0 Å². The summed E-state index contributed by atoms with van der Waals surface area (Å²) in [6, 6.07) is 7.25. The van der Waals surface area contributed by atoms with Gasteiger partial charge < -0.3 is 14.2 Å². The molecule has 0 atom stereocenters. The molecule has 0 saturated heterocycles. The van der Waals surface area contributed by atoms with Crippen molar-refractivity contribution in [1.82, 2.24) is 0 Å². The molecule has 0 heterocycles. The van der Waals surface area contributed by atoms with Crippen molar-refractivity contribution in [2.45, 2.75) is 26.7 Å². The summed E-state index contributed by atoms with van der Waals surface area (Å²) in [4.78, 5) is 11.4. The number of esters is 1. The third-order valence-corrected chi connectivity index (χ3v) is 2.59. The van der Waals surface area contributed by atoms with Gasteiger partial charge in [0, 0.05) is 0 Å². The summed E-state index contributed by atoms with van der Waals surface area (Å²) in [6.07, 6.45) is 1.16. The molecule has 4 nitrogen and oxygen atoms in total. The van der Waals surface area contributed by atoms with Crippen LogP contribution in [0.4, 0.5) is 0 Å². The first-order valence-corrected chi connectivity index (χ1v) is 6.54. The third-order valence-electron chi connectivity index (χ3n) is 2.59. The number of hydrogen-bond acceptors (Lipinski definition) is 4. The number of hydrogen-bond donors (Lipinski definition) is 0. The van der Waals surface area contributed by atoms with Gasteiger partial charge in [0.25, 0.3) is 0 Å². The van der Waals surface area contributed by atoms with Crippen LogP contribution >= 0.6 is 0 Å². The Morgan fingerprint density at radius 2 is 1.74 bits per heavy atom. The van der Waals surface area contributed by atoms with Crippen molar-refractivity contribution in [2.24, 2.45) is 5.92 Å². The molecule has 0 aliphatic rings. The van der Waals surface area contributed by atoms with E-state index < -0.39 is 0 Å². The zero-order valence-electron chi connectivity index (χ0n) is 11.8. The molecule has 1 aromatic carbocycles. The van der Waals surface area contributed by atoms with E-state index in [4.69, 9.17) is 14.2 Å². The molecular weight excluding hydrogens is 244 g/mol. The van der Waals surface area contributed by atoms with E-state index in [1.54, 1.807) is 7.11 Å². The molecule has 0 N–H and O–H groups in total. The van der Waals surface area contributed by atoms with E-state index in [1.165, 1.54) is 0 Å². The van der Waals surface area contributed by atoms with E-state index in [2.05, 4.69) is 13.8 Å². The Balaban J connectivity index is 2.16. The average molecular weight is 266 g/mol. The minimum Gasteiger partial charge on any atom is -0.497 e. The fourth-order valence-electron chi connectivity index (χ4n) is 1.40. The summed E-state index contributed by atoms with van der Waals surface area (Å²) in [5.74, 6) is 1.83. The van der Waals surface area contributed by atoms with Crippen LogP contribution in [-0.2, 0) is 9.53 Å². The fraction of sp³-hybridized carbons (Fsp3) is 0.533. The quantitative estimate of drug-likeness (QED) is 0.678. The van der Waals surface area contributed by atoms with Gasteiger partial charge in [0.15, 0.2) is 0 Å². The molecule has 0 aromatic heterocycles. The Hall–Kier alpha value is -1.71. The highest BCUT2D eigenvalue weighted by molar-refractivity contribution is 5.69. The minimum atomic E-state index is -0.214. The van der Waals surface area contributed by atoms with Gasteiger partial charge in [-0.25, -0.2) is 0 Å². The van der Waals surface area contributed by atoms with Gasteiger partial charge in [0.05, 0.1) is 26.7 Å². The van der Waals surface area contributed by atoms with Gasteiger partial charge in [-0.3, -0.25) is 4.79 Å². The van der Waals surface area contributed by atoms with E-state index in [-0.39, 0.29) is 12.4 Å². The monoisotopic (exact) mass is 266 g/mol. The normalized spacial score (nSPS) is 10.3. The van der Waals surface area contributed by atoms with Gasteiger partial charge in [-0.2, -0.15) is 0 Å². The van der Waals surface area contributed by atoms with Crippen molar-refractivity contribution >= 4 is 5.97 Å². The lowest BCUT2D eigenvalue weighted by Crippen LogP contribution is -2.11. The maximum absolute atomic E-state index is 11.4. The van der Waals surface area contributed by atoms with Crippen LogP contribution in [0.25, 0.3) is 0 Å². The maximum Gasteiger partial charge on any atom is 0.309 e. The van der Waals surface area contributed by atoms with E-state index in [0.717, 1.165) is 17.9 Å². The lowest BCUT2D eigenvalue weighted by Gasteiger charge is -2.08. The number of carbonyl (C=O) groups is 1. The summed E-state index contributed by atoms with van der Waals surface area (Å²) < 4.78 is 15.6. The van der Waals surface area contributed by atoms with Crippen molar-refractivity contribution in [2.75, 3.05) is 20.3 Å². The first-order chi connectivity index (χ1) is 9.11. The highest BCUT2D eigenvalue weighted by Crippen LogP contribution is 2.17. The minimum absolute atomic E-state index is 0.214. The summed E-state index contributed by atoms with van der Waals surface area (Å²) in [6.45, 7) is 5.01. The molecule has 19 heavy (non-hydrogen) atoms. The van der Waals surface area contributed by atoms with Crippen LogP contribution in [0.15, 0.2) is 24.3 Å². The standard InChI is InChI=1S/C15H22O4/c1-12(2)8-10-19-15(16)9-11-18-14-6-4-13(17-3)5-7-14/h4-7,12H,8-11H2,1-3H3. The van der Waals surface area contributed by atoms with Crippen LogP contribution in [0.5, 0.6) is 11.5 Å². The largest absolute Gasteiger partial charge is 0.497 e. The molecule has 0 aliphatic heterocycles. The zero-order chi connectivity index (χ0) is 14.1. The lowest BCUT2D eigenvalue weighted by molar-refractivity contribution is -0.144. The molecule has 0 aliphatic carbocycles. The smallest absolute Gasteiger partial charge is 0.309 e.